The van der Waals surface area contributed by atoms with E-state index in [1.807, 2.05) is 4.90 Å². The summed E-state index contributed by atoms with van der Waals surface area (Å²) >= 11 is 0. The fraction of sp³-hybridized carbons (Fsp3) is 0.500. The molecule has 114 valence electrons. The largest absolute Gasteiger partial charge is 0.379 e. The molecule has 1 unspecified atom stereocenters. The van der Waals surface area contributed by atoms with E-state index in [4.69, 9.17) is 4.74 Å². The number of aldehydes is 2. The highest BCUT2D eigenvalue weighted by Gasteiger charge is 2.37. The van der Waals surface area contributed by atoms with Gasteiger partial charge in [-0.2, -0.15) is 0 Å². The molecule has 2 rings (SSSR count). The Bertz CT molecular complexity index is 524. The van der Waals surface area contributed by atoms with Crippen LogP contribution in [0.1, 0.15) is 35.8 Å². The number of benzene rings is 1. The molecule has 21 heavy (non-hydrogen) atoms. The fourth-order valence-electron chi connectivity index (χ4n) is 2.81. The number of nitrogens with zero attached hydrogens (tertiary/aromatic N) is 1. The Labute approximate surface area is 123 Å². The average molecular weight is 293 g/mol. The molecule has 1 saturated heterocycles. The molecule has 1 aromatic carbocycles. The molecule has 4 nitrogen and oxygen atoms in total. The van der Waals surface area contributed by atoms with Gasteiger partial charge in [0.1, 0.15) is 18.4 Å². The Morgan fingerprint density at radius 2 is 1.95 bits per heavy atom. The molecular weight excluding hydrogens is 273 g/mol. The second-order valence-electron chi connectivity index (χ2n) is 5.89. The quantitative estimate of drug-likeness (QED) is 0.781. The first kappa shape index (κ1) is 15.8. The van der Waals surface area contributed by atoms with Crippen molar-refractivity contribution in [3.05, 3.63) is 35.1 Å². The zero-order valence-electron chi connectivity index (χ0n) is 12.3. The highest BCUT2D eigenvalue weighted by Crippen LogP contribution is 2.38. The Hall–Kier alpha value is -1.59. The highest BCUT2D eigenvalue weighted by molar-refractivity contribution is 5.75. The predicted octanol–water partition coefficient (Wildman–Crippen LogP) is 2.24. The van der Waals surface area contributed by atoms with Crippen LogP contribution in [0, 0.1) is 11.2 Å². The Balaban J connectivity index is 2.48. The van der Waals surface area contributed by atoms with Crippen molar-refractivity contribution < 1.29 is 18.7 Å². The minimum atomic E-state index is -0.764. The molecule has 1 atom stereocenters. The number of rotatable bonds is 5. The summed E-state index contributed by atoms with van der Waals surface area (Å²) in [6.07, 6.45) is 1.54. The number of halogens is 1. The van der Waals surface area contributed by atoms with Gasteiger partial charge in [0.2, 0.25) is 0 Å². The molecule has 1 heterocycles. The number of ether oxygens (including phenoxy) is 1. The van der Waals surface area contributed by atoms with Crippen LogP contribution in [-0.2, 0) is 9.53 Å². The normalized spacial score (nSPS) is 18.2. The SMILES string of the molecule is CC(C)(C=O)C(c1cc(C=O)ccc1F)N1CCOCC1. The Kier molecular flexibility index (Phi) is 4.85. The second-order valence-corrected chi connectivity index (χ2v) is 5.89. The van der Waals surface area contributed by atoms with E-state index >= 15 is 0 Å². The Morgan fingerprint density at radius 3 is 2.52 bits per heavy atom. The van der Waals surface area contributed by atoms with Gasteiger partial charge < -0.3 is 9.53 Å². The van der Waals surface area contributed by atoms with Crippen LogP contribution < -0.4 is 0 Å². The van der Waals surface area contributed by atoms with Gasteiger partial charge in [0.15, 0.2) is 0 Å². The van der Waals surface area contributed by atoms with E-state index in [9.17, 15) is 14.0 Å². The number of morpholine rings is 1. The predicted molar refractivity (Wildman–Crippen MR) is 76.8 cm³/mol. The molecule has 0 spiro atoms. The first-order valence-corrected chi connectivity index (χ1v) is 7.02. The van der Waals surface area contributed by atoms with Crippen LogP contribution in [0.25, 0.3) is 0 Å². The topological polar surface area (TPSA) is 46.6 Å². The molecule has 1 aliphatic rings. The van der Waals surface area contributed by atoms with Crippen molar-refractivity contribution in [3.8, 4) is 0 Å². The van der Waals surface area contributed by atoms with Gasteiger partial charge in [-0.15, -0.1) is 0 Å². The van der Waals surface area contributed by atoms with Crippen molar-refractivity contribution in [1.82, 2.24) is 4.90 Å². The third-order valence-corrected chi connectivity index (χ3v) is 3.87. The molecule has 0 N–H and O–H groups in total. The molecule has 0 saturated carbocycles. The molecule has 1 aromatic rings. The zero-order valence-corrected chi connectivity index (χ0v) is 12.3. The van der Waals surface area contributed by atoms with Crippen LogP contribution >= 0.6 is 0 Å². The Morgan fingerprint density at radius 1 is 1.29 bits per heavy atom. The monoisotopic (exact) mass is 293 g/mol. The van der Waals surface area contributed by atoms with Gasteiger partial charge in [0.25, 0.3) is 0 Å². The van der Waals surface area contributed by atoms with Gasteiger partial charge in [-0.05, 0) is 18.2 Å². The van der Waals surface area contributed by atoms with E-state index < -0.39 is 17.3 Å². The molecule has 5 heteroatoms. The number of carbonyl (C=O) groups excluding carboxylic acids is 2. The summed E-state index contributed by atoms with van der Waals surface area (Å²) in [5.41, 5.74) is 0.0321. The van der Waals surface area contributed by atoms with E-state index in [1.165, 1.54) is 18.2 Å². The van der Waals surface area contributed by atoms with Gasteiger partial charge in [-0.3, -0.25) is 9.69 Å². The van der Waals surface area contributed by atoms with Crippen molar-refractivity contribution in [2.24, 2.45) is 5.41 Å². The van der Waals surface area contributed by atoms with Crippen molar-refractivity contribution >= 4 is 12.6 Å². The lowest BCUT2D eigenvalue weighted by Crippen LogP contribution is -2.45. The van der Waals surface area contributed by atoms with Gasteiger partial charge in [0, 0.05) is 35.7 Å². The van der Waals surface area contributed by atoms with Gasteiger partial charge in [-0.25, -0.2) is 4.39 Å². The number of carbonyl (C=O) groups is 2. The number of hydrogen-bond donors (Lipinski definition) is 0. The van der Waals surface area contributed by atoms with Crippen molar-refractivity contribution in [2.45, 2.75) is 19.9 Å². The molecule has 0 aliphatic carbocycles. The van der Waals surface area contributed by atoms with Crippen LogP contribution in [0.4, 0.5) is 4.39 Å². The molecule has 0 bridgehead atoms. The third-order valence-electron chi connectivity index (χ3n) is 3.87. The lowest BCUT2D eigenvalue weighted by molar-refractivity contribution is -0.120. The maximum absolute atomic E-state index is 14.3. The van der Waals surface area contributed by atoms with Crippen LogP contribution in [0.3, 0.4) is 0 Å². The first-order valence-electron chi connectivity index (χ1n) is 7.02. The molecule has 0 radical (unpaired) electrons. The maximum Gasteiger partial charge on any atom is 0.150 e. The minimum Gasteiger partial charge on any atom is -0.379 e. The third kappa shape index (κ3) is 3.36. The lowest BCUT2D eigenvalue weighted by Gasteiger charge is -2.41. The summed E-state index contributed by atoms with van der Waals surface area (Å²) in [4.78, 5) is 24.5. The van der Waals surface area contributed by atoms with Crippen LogP contribution in [0.5, 0.6) is 0 Å². The van der Waals surface area contributed by atoms with E-state index in [1.54, 1.807) is 13.8 Å². The lowest BCUT2D eigenvalue weighted by atomic mass is 9.80. The van der Waals surface area contributed by atoms with Gasteiger partial charge in [0.05, 0.1) is 13.2 Å². The maximum atomic E-state index is 14.3. The fourth-order valence-corrected chi connectivity index (χ4v) is 2.81. The molecule has 1 aliphatic heterocycles. The van der Waals surface area contributed by atoms with E-state index in [2.05, 4.69) is 0 Å². The highest BCUT2D eigenvalue weighted by atomic mass is 19.1. The number of hydrogen-bond acceptors (Lipinski definition) is 4. The summed E-state index contributed by atoms with van der Waals surface area (Å²) in [6.45, 7) is 5.94. The standard InChI is InChI=1S/C16H20FNO3/c1-16(2,11-20)15(18-5-7-21-8-6-18)13-9-12(10-19)3-4-14(13)17/h3-4,9-11,15H,5-8H2,1-2H3. The van der Waals surface area contributed by atoms with E-state index in [-0.39, 0.29) is 0 Å². The summed E-state index contributed by atoms with van der Waals surface area (Å²) in [6, 6.07) is 3.84. The van der Waals surface area contributed by atoms with Crippen LogP contribution in [0.2, 0.25) is 0 Å². The summed E-state index contributed by atoms with van der Waals surface area (Å²) in [5, 5.41) is 0. The van der Waals surface area contributed by atoms with Crippen molar-refractivity contribution in [3.63, 3.8) is 0 Å². The van der Waals surface area contributed by atoms with Crippen molar-refractivity contribution in [1.29, 1.82) is 0 Å². The molecule has 0 aromatic heterocycles. The van der Waals surface area contributed by atoms with E-state index in [0.29, 0.717) is 43.7 Å². The molecule has 1 fully saturated rings. The average Bonchev–Trinajstić information content (AvgIpc) is 2.50. The van der Waals surface area contributed by atoms with Crippen molar-refractivity contribution in [2.75, 3.05) is 26.3 Å². The van der Waals surface area contributed by atoms with Crippen LogP contribution in [-0.4, -0.2) is 43.8 Å². The smallest absolute Gasteiger partial charge is 0.150 e. The molecular formula is C16H20FNO3. The minimum absolute atomic E-state index is 0.388. The second kappa shape index (κ2) is 6.45. The summed E-state index contributed by atoms with van der Waals surface area (Å²) in [7, 11) is 0. The zero-order chi connectivity index (χ0) is 15.5. The van der Waals surface area contributed by atoms with Gasteiger partial charge in [-0.1, -0.05) is 13.8 Å². The molecule has 0 amide bonds. The van der Waals surface area contributed by atoms with Crippen LogP contribution in [0.15, 0.2) is 18.2 Å². The van der Waals surface area contributed by atoms with E-state index in [0.717, 1.165) is 6.29 Å². The van der Waals surface area contributed by atoms with Gasteiger partial charge >= 0.3 is 0 Å². The first-order chi connectivity index (χ1) is 9.99. The summed E-state index contributed by atoms with van der Waals surface area (Å²) in [5.74, 6) is -0.396. The summed E-state index contributed by atoms with van der Waals surface area (Å²) < 4.78 is 19.6.